The van der Waals surface area contributed by atoms with Gasteiger partial charge in [0, 0.05) is 43.7 Å². The van der Waals surface area contributed by atoms with E-state index in [2.05, 4.69) is 15.3 Å². The molecule has 1 N–H and O–H groups in total. The number of rotatable bonds is 5. The van der Waals surface area contributed by atoms with Crippen LogP contribution in [0.1, 0.15) is 25.0 Å². The molecule has 0 saturated carbocycles. The fourth-order valence-corrected chi connectivity index (χ4v) is 4.11. The molecule has 2 aliphatic rings. The van der Waals surface area contributed by atoms with E-state index in [1.807, 2.05) is 13.0 Å². The van der Waals surface area contributed by atoms with Crippen molar-refractivity contribution in [2.24, 2.45) is 11.8 Å². The number of nitrogens with zero attached hydrogens (tertiary/aromatic N) is 2. The van der Waals surface area contributed by atoms with Crippen LogP contribution in [0.3, 0.4) is 0 Å². The predicted octanol–water partition coefficient (Wildman–Crippen LogP) is 1.83. The van der Waals surface area contributed by atoms with E-state index in [0.29, 0.717) is 22.7 Å². The second-order valence-electron chi connectivity index (χ2n) is 6.42. The number of nitrogens with one attached hydrogen (secondary N) is 1. The maximum atomic E-state index is 12.3. The van der Waals surface area contributed by atoms with Gasteiger partial charge in [-0.2, -0.15) is 0 Å². The van der Waals surface area contributed by atoms with E-state index in [4.69, 9.17) is 9.47 Å². The summed E-state index contributed by atoms with van der Waals surface area (Å²) in [5.74, 6) is 1.37. The highest BCUT2D eigenvalue weighted by Crippen LogP contribution is 2.30. The Labute approximate surface area is 147 Å². The summed E-state index contributed by atoms with van der Waals surface area (Å²) in [7, 11) is 0. The van der Waals surface area contributed by atoms with Crippen LogP contribution in [0.4, 0.5) is 0 Å². The van der Waals surface area contributed by atoms with Crippen LogP contribution in [-0.2, 0) is 14.3 Å². The lowest BCUT2D eigenvalue weighted by atomic mass is 9.79. The molecule has 132 valence electrons. The summed E-state index contributed by atoms with van der Waals surface area (Å²) in [4.78, 5) is 20.8. The highest BCUT2D eigenvalue weighted by atomic mass is 32.2. The molecule has 0 radical (unpaired) electrons. The predicted molar refractivity (Wildman–Crippen MR) is 91.9 cm³/mol. The minimum Gasteiger partial charge on any atom is -0.381 e. The molecule has 2 fully saturated rings. The average Bonchev–Trinajstić information content (AvgIpc) is 2.61. The van der Waals surface area contributed by atoms with Gasteiger partial charge in [0.15, 0.2) is 5.16 Å². The zero-order valence-corrected chi connectivity index (χ0v) is 14.9. The average molecular weight is 351 g/mol. The molecule has 0 aliphatic carbocycles. The van der Waals surface area contributed by atoms with Gasteiger partial charge in [0.1, 0.15) is 0 Å². The molecule has 0 aromatic carbocycles. The first kappa shape index (κ1) is 17.6. The molecule has 0 spiro atoms. The number of thioether (sulfide) groups is 1. The second kappa shape index (κ2) is 8.78. The molecule has 7 heteroatoms. The van der Waals surface area contributed by atoms with Crippen LogP contribution < -0.4 is 5.32 Å². The molecule has 24 heavy (non-hydrogen) atoms. The molecule has 1 aromatic heterocycles. The van der Waals surface area contributed by atoms with Gasteiger partial charge in [-0.15, -0.1) is 0 Å². The summed E-state index contributed by atoms with van der Waals surface area (Å²) in [6, 6.07) is 2.05. The van der Waals surface area contributed by atoms with E-state index in [1.165, 1.54) is 11.8 Å². The van der Waals surface area contributed by atoms with Crippen molar-refractivity contribution >= 4 is 17.7 Å². The third-order valence-electron chi connectivity index (χ3n) is 4.72. The van der Waals surface area contributed by atoms with Crippen molar-refractivity contribution in [3.63, 3.8) is 0 Å². The molecular weight excluding hydrogens is 326 g/mol. The van der Waals surface area contributed by atoms with Gasteiger partial charge in [-0.25, -0.2) is 9.97 Å². The maximum Gasteiger partial charge on any atom is 0.230 e. The van der Waals surface area contributed by atoms with Crippen LogP contribution in [0.2, 0.25) is 0 Å². The van der Waals surface area contributed by atoms with E-state index in [9.17, 15) is 4.79 Å². The van der Waals surface area contributed by atoms with E-state index in [-0.39, 0.29) is 11.9 Å². The highest BCUT2D eigenvalue weighted by molar-refractivity contribution is 7.99. The number of amides is 1. The van der Waals surface area contributed by atoms with Crippen LogP contribution in [0.15, 0.2) is 17.4 Å². The van der Waals surface area contributed by atoms with Crippen LogP contribution in [0.25, 0.3) is 0 Å². The first-order chi connectivity index (χ1) is 11.7. The second-order valence-corrected chi connectivity index (χ2v) is 7.36. The third kappa shape index (κ3) is 4.91. The zero-order chi connectivity index (χ0) is 16.8. The third-order valence-corrected chi connectivity index (χ3v) is 5.58. The number of carbonyl (C=O) groups excluding carboxylic acids is 1. The van der Waals surface area contributed by atoms with Gasteiger partial charge in [-0.1, -0.05) is 11.8 Å². The Kier molecular flexibility index (Phi) is 6.45. The molecule has 2 aliphatic heterocycles. The lowest BCUT2D eigenvalue weighted by Crippen LogP contribution is -2.49. The summed E-state index contributed by atoms with van der Waals surface area (Å²) < 4.78 is 11.1. The van der Waals surface area contributed by atoms with Gasteiger partial charge < -0.3 is 14.8 Å². The van der Waals surface area contributed by atoms with Gasteiger partial charge in [-0.3, -0.25) is 4.79 Å². The van der Waals surface area contributed by atoms with Crippen molar-refractivity contribution in [2.45, 2.75) is 37.4 Å². The molecule has 2 atom stereocenters. The Balaban J connectivity index is 1.51. The molecule has 3 rings (SSSR count). The smallest absolute Gasteiger partial charge is 0.230 e. The Morgan fingerprint density at radius 2 is 2.08 bits per heavy atom. The Hall–Kier alpha value is -1.18. The topological polar surface area (TPSA) is 73.3 Å². The maximum absolute atomic E-state index is 12.3. The fraction of sp³-hybridized carbons (Fsp3) is 0.706. The molecule has 1 aromatic rings. The monoisotopic (exact) mass is 351 g/mol. The van der Waals surface area contributed by atoms with Crippen molar-refractivity contribution in [3.05, 3.63) is 18.0 Å². The number of aromatic nitrogens is 2. The lowest BCUT2D eigenvalue weighted by molar-refractivity contribution is -0.121. The molecule has 2 saturated heterocycles. The number of hydrogen-bond donors (Lipinski definition) is 1. The van der Waals surface area contributed by atoms with Crippen LogP contribution in [0.5, 0.6) is 0 Å². The molecule has 0 bridgehead atoms. The van der Waals surface area contributed by atoms with E-state index in [1.54, 1.807) is 6.20 Å². The van der Waals surface area contributed by atoms with Crippen molar-refractivity contribution in [3.8, 4) is 0 Å². The quantitative estimate of drug-likeness (QED) is 0.644. The van der Waals surface area contributed by atoms with E-state index in [0.717, 1.165) is 51.4 Å². The SMILES string of the molecule is Cc1ccnc(SCC(=O)N[C@H]2CCOC[C@H]2C2CCOCC2)n1. The standard InChI is InChI=1S/C17H25N3O3S/c1-12-2-6-18-17(19-12)24-11-16(21)20-15-5-9-23-10-14(15)13-3-7-22-8-4-13/h2,6,13-15H,3-5,7-11H2,1H3,(H,20,21)/t14-,15-/m0/s1. The minimum absolute atomic E-state index is 0.0501. The van der Waals surface area contributed by atoms with Gasteiger partial charge in [0.05, 0.1) is 12.4 Å². The van der Waals surface area contributed by atoms with Gasteiger partial charge in [0.2, 0.25) is 5.91 Å². The van der Waals surface area contributed by atoms with Crippen molar-refractivity contribution in [2.75, 3.05) is 32.2 Å². The van der Waals surface area contributed by atoms with Crippen molar-refractivity contribution in [1.82, 2.24) is 15.3 Å². The Morgan fingerprint density at radius 1 is 1.29 bits per heavy atom. The van der Waals surface area contributed by atoms with Gasteiger partial charge in [0.25, 0.3) is 0 Å². The number of hydrogen-bond acceptors (Lipinski definition) is 6. The van der Waals surface area contributed by atoms with Crippen molar-refractivity contribution < 1.29 is 14.3 Å². The largest absolute Gasteiger partial charge is 0.381 e. The number of ether oxygens (including phenoxy) is 2. The molecule has 6 nitrogen and oxygen atoms in total. The summed E-state index contributed by atoms with van der Waals surface area (Å²) in [6.07, 6.45) is 4.74. The van der Waals surface area contributed by atoms with Crippen molar-refractivity contribution in [1.29, 1.82) is 0 Å². The van der Waals surface area contributed by atoms with Crippen LogP contribution in [0, 0.1) is 18.8 Å². The Morgan fingerprint density at radius 3 is 2.88 bits per heavy atom. The first-order valence-corrected chi connectivity index (χ1v) is 9.58. The van der Waals surface area contributed by atoms with E-state index >= 15 is 0 Å². The van der Waals surface area contributed by atoms with Crippen LogP contribution >= 0.6 is 11.8 Å². The summed E-state index contributed by atoms with van der Waals surface area (Å²) in [6.45, 7) is 5.03. The number of carbonyl (C=O) groups is 1. The molecule has 3 heterocycles. The molecule has 1 amide bonds. The summed E-state index contributed by atoms with van der Waals surface area (Å²) in [5.41, 5.74) is 0.914. The van der Waals surface area contributed by atoms with Gasteiger partial charge >= 0.3 is 0 Å². The normalized spacial score (nSPS) is 25.4. The van der Waals surface area contributed by atoms with Gasteiger partial charge in [-0.05, 0) is 38.2 Å². The molecule has 0 unspecified atom stereocenters. The van der Waals surface area contributed by atoms with Crippen LogP contribution in [-0.4, -0.2) is 54.1 Å². The lowest BCUT2D eigenvalue weighted by Gasteiger charge is -2.39. The zero-order valence-electron chi connectivity index (χ0n) is 14.1. The minimum atomic E-state index is 0.0501. The molecular formula is C17H25N3O3S. The first-order valence-electron chi connectivity index (χ1n) is 8.59. The fourth-order valence-electron chi connectivity index (χ4n) is 3.42. The highest BCUT2D eigenvalue weighted by Gasteiger charge is 2.34. The number of aryl methyl sites for hydroxylation is 1. The Bertz CT molecular complexity index is 552. The summed E-state index contributed by atoms with van der Waals surface area (Å²) in [5, 5.41) is 3.87. The summed E-state index contributed by atoms with van der Waals surface area (Å²) >= 11 is 1.38. The van der Waals surface area contributed by atoms with E-state index < -0.39 is 0 Å².